The predicted molar refractivity (Wildman–Crippen MR) is 70.6 cm³/mol. The van der Waals surface area contributed by atoms with Crippen molar-refractivity contribution < 1.29 is 0 Å². The van der Waals surface area contributed by atoms with Gasteiger partial charge in [0.2, 0.25) is 0 Å². The quantitative estimate of drug-likeness (QED) is 0.736. The van der Waals surface area contributed by atoms with E-state index < -0.39 is 0 Å². The van der Waals surface area contributed by atoms with Crippen molar-refractivity contribution >= 4 is 18.1 Å². The summed E-state index contributed by atoms with van der Waals surface area (Å²) in [7, 11) is 1.89. The molecule has 1 aromatic rings. The van der Waals surface area contributed by atoms with Gasteiger partial charge in [0.15, 0.2) is 0 Å². The van der Waals surface area contributed by atoms with Crippen molar-refractivity contribution in [3.05, 3.63) is 23.8 Å². The molecule has 0 unspecified atom stereocenters. The lowest BCUT2D eigenvalue weighted by Crippen LogP contribution is -1.91. The van der Waals surface area contributed by atoms with Gasteiger partial charge >= 0.3 is 0 Å². The second-order valence-corrected chi connectivity index (χ2v) is 3.34. The zero-order valence-electron chi connectivity index (χ0n) is 10.5. The van der Waals surface area contributed by atoms with E-state index in [1.54, 1.807) is 0 Å². The SMILES string of the molecule is C=Nc1cc(C(C)C)ccc1NC.CC. The Labute approximate surface area is 93.4 Å². The van der Waals surface area contributed by atoms with Gasteiger partial charge in [0.1, 0.15) is 0 Å². The third-order valence-corrected chi connectivity index (χ3v) is 2.13. The molecule has 0 heterocycles. The fourth-order valence-corrected chi connectivity index (χ4v) is 1.25. The van der Waals surface area contributed by atoms with Gasteiger partial charge < -0.3 is 5.32 Å². The van der Waals surface area contributed by atoms with Crippen LogP contribution < -0.4 is 5.32 Å². The lowest BCUT2D eigenvalue weighted by Gasteiger charge is -2.09. The van der Waals surface area contributed by atoms with E-state index in [-0.39, 0.29) is 0 Å². The number of hydrogen-bond acceptors (Lipinski definition) is 2. The highest BCUT2D eigenvalue weighted by molar-refractivity contribution is 5.68. The lowest BCUT2D eigenvalue weighted by atomic mass is 10.0. The Morgan fingerprint density at radius 3 is 2.27 bits per heavy atom. The number of rotatable bonds is 3. The van der Waals surface area contributed by atoms with Crippen LogP contribution >= 0.6 is 0 Å². The van der Waals surface area contributed by atoms with Crippen LogP contribution in [0.4, 0.5) is 11.4 Å². The predicted octanol–water partition coefficient (Wildman–Crippen LogP) is 4.21. The van der Waals surface area contributed by atoms with E-state index in [1.807, 2.05) is 27.0 Å². The maximum Gasteiger partial charge on any atom is 0.0856 e. The summed E-state index contributed by atoms with van der Waals surface area (Å²) in [6.07, 6.45) is 0. The van der Waals surface area contributed by atoms with Crippen molar-refractivity contribution in [2.24, 2.45) is 4.99 Å². The second kappa shape index (κ2) is 7.04. The average molecular weight is 206 g/mol. The first-order valence-corrected chi connectivity index (χ1v) is 5.47. The normalized spacial score (nSPS) is 9.20. The molecule has 0 fully saturated rings. The first kappa shape index (κ1) is 13.7. The van der Waals surface area contributed by atoms with Gasteiger partial charge in [0.25, 0.3) is 0 Å². The summed E-state index contributed by atoms with van der Waals surface area (Å²) in [5.41, 5.74) is 3.24. The maximum absolute atomic E-state index is 3.97. The number of aliphatic imine (C=N–C) groups is 1. The van der Waals surface area contributed by atoms with Crippen LogP contribution in [0, 0.1) is 0 Å². The molecule has 0 saturated carbocycles. The maximum atomic E-state index is 3.97. The van der Waals surface area contributed by atoms with Crippen molar-refractivity contribution in [1.29, 1.82) is 0 Å². The number of nitrogens with one attached hydrogen (secondary N) is 1. The molecule has 0 bridgehead atoms. The summed E-state index contributed by atoms with van der Waals surface area (Å²) in [6, 6.07) is 6.23. The van der Waals surface area contributed by atoms with Gasteiger partial charge in [-0.2, -0.15) is 0 Å². The molecular formula is C13H22N2. The van der Waals surface area contributed by atoms with Crippen LogP contribution in [0.25, 0.3) is 0 Å². The van der Waals surface area contributed by atoms with Gasteiger partial charge in [-0.15, -0.1) is 0 Å². The van der Waals surface area contributed by atoms with E-state index in [4.69, 9.17) is 0 Å². The zero-order valence-corrected chi connectivity index (χ0v) is 10.5. The Bertz CT molecular complexity index is 303. The highest BCUT2D eigenvalue weighted by atomic mass is 14.9. The molecule has 0 aliphatic rings. The van der Waals surface area contributed by atoms with Crippen molar-refractivity contribution in [2.45, 2.75) is 33.6 Å². The molecule has 2 heteroatoms. The number of nitrogens with zero attached hydrogens (tertiary/aromatic N) is 1. The summed E-state index contributed by atoms with van der Waals surface area (Å²) in [5, 5.41) is 3.08. The molecule has 1 rings (SSSR count). The highest BCUT2D eigenvalue weighted by Gasteiger charge is 2.03. The summed E-state index contributed by atoms with van der Waals surface area (Å²) in [5.74, 6) is 0.534. The Morgan fingerprint density at radius 2 is 1.87 bits per heavy atom. The lowest BCUT2D eigenvalue weighted by molar-refractivity contribution is 0.867. The van der Waals surface area contributed by atoms with E-state index >= 15 is 0 Å². The molecule has 0 amide bonds. The van der Waals surface area contributed by atoms with Gasteiger partial charge in [0, 0.05) is 7.05 Å². The minimum absolute atomic E-state index is 0.534. The fourth-order valence-electron chi connectivity index (χ4n) is 1.25. The first-order valence-electron chi connectivity index (χ1n) is 5.47. The van der Waals surface area contributed by atoms with E-state index in [0.717, 1.165) is 11.4 Å². The van der Waals surface area contributed by atoms with E-state index in [9.17, 15) is 0 Å². The molecule has 1 N–H and O–H groups in total. The van der Waals surface area contributed by atoms with Gasteiger partial charge in [0.05, 0.1) is 11.4 Å². The molecule has 0 aliphatic heterocycles. The molecule has 0 spiro atoms. The average Bonchev–Trinajstić information content (AvgIpc) is 2.30. The molecule has 2 nitrogen and oxygen atoms in total. The Kier molecular flexibility index (Phi) is 6.43. The number of anilines is 1. The smallest absolute Gasteiger partial charge is 0.0856 e. The summed E-state index contributed by atoms with van der Waals surface area (Å²) < 4.78 is 0. The minimum atomic E-state index is 0.534. The zero-order chi connectivity index (χ0) is 11.8. The highest BCUT2D eigenvalue weighted by Crippen LogP contribution is 2.28. The van der Waals surface area contributed by atoms with Gasteiger partial charge in [-0.3, -0.25) is 4.99 Å². The minimum Gasteiger partial charge on any atom is -0.386 e. The summed E-state index contributed by atoms with van der Waals surface area (Å²) >= 11 is 0. The van der Waals surface area contributed by atoms with E-state index in [2.05, 4.69) is 43.0 Å². The molecule has 84 valence electrons. The molecular weight excluding hydrogens is 184 g/mol. The first-order chi connectivity index (χ1) is 7.19. The Balaban J connectivity index is 0.000000921. The summed E-state index contributed by atoms with van der Waals surface area (Å²) in [4.78, 5) is 3.97. The van der Waals surface area contributed by atoms with E-state index in [0.29, 0.717) is 5.92 Å². The van der Waals surface area contributed by atoms with Crippen molar-refractivity contribution in [1.82, 2.24) is 0 Å². The molecule has 0 radical (unpaired) electrons. The standard InChI is InChI=1S/C11H16N2.C2H6/c1-8(2)9-5-6-10(12-3)11(7-9)13-4;1-2/h5-8,12H,4H2,1-3H3;1-2H3. The largest absolute Gasteiger partial charge is 0.386 e. The van der Waals surface area contributed by atoms with Gasteiger partial charge in [-0.25, -0.2) is 0 Å². The van der Waals surface area contributed by atoms with Crippen molar-refractivity contribution in [3.8, 4) is 0 Å². The van der Waals surface area contributed by atoms with Crippen LogP contribution in [0.2, 0.25) is 0 Å². The second-order valence-electron chi connectivity index (χ2n) is 3.34. The van der Waals surface area contributed by atoms with Gasteiger partial charge in [-0.05, 0) is 30.3 Å². The molecule has 15 heavy (non-hydrogen) atoms. The number of hydrogen-bond donors (Lipinski definition) is 1. The van der Waals surface area contributed by atoms with Crippen LogP contribution in [0.15, 0.2) is 23.2 Å². The Hall–Kier alpha value is -1.31. The molecule has 0 atom stereocenters. The van der Waals surface area contributed by atoms with Crippen LogP contribution in [0.1, 0.15) is 39.2 Å². The number of benzene rings is 1. The topological polar surface area (TPSA) is 24.4 Å². The van der Waals surface area contributed by atoms with Crippen molar-refractivity contribution in [3.63, 3.8) is 0 Å². The third-order valence-electron chi connectivity index (χ3n) is 2.13. The molecule has 0 saturated heterocycles. The van der Waals surface area contributed by atoms with E-state index in [1.165, 1.54) is 5.56 Å². The molecule has 1 aromatic carbocycles. The van der Waals surface area contributed by atoms with Crippen LogP contribution in [0.5, 0.6) is 0 Å². The summed E-state index contributed by atoms with van der Waals surface area (Å²) in [6.45, 7) is 11.9. The van der Waals surface area contributed by atoms with Gasteiger partial charge in [-0.1, -0.05) is 33.8 Å². The molecule has 0 aliphatic carbocycles. The van der Waals surface area contributed by atoms with Crippen molar-refractivity contribution in [2.75, 3.05) is 12.4 Å². The Morgan fingerprint density at radius 1 is 1.27 bits per heavy atom. The monoisotopic (exact) mass is 206 g/mol. The van der Waals surface area contributed by atoms with Crippen LogP contribution in [-0.2, 0) is 0 Å². The van der Waals surface area contributed by atoms with Crippen LogP contribution in [0.3, 0.4) is 0 Å². The third kappa shape index (κ3) is 3.74. The fraction of sp³-hybridized carbons (Fsp3) is 0.462. The molecule has 0 aromatic heterocycles. The van der Waals surface area contributed by atoms with Crippen LogP contribution in [-0.4, -0.2) is 13.8 Å².